The van der Waals surface area contributed by atoms with Crippen LogP contribution in [0.15, 0.2) is 48.9 Å². The van der Waals surface area contributed by atoms with Crippen molar-refractivity contribution >= 4 is 17.7 Å². The number of nitrogens with one attached hydrogen (secondary N) is 1. The van der Waals surface area contributed by atoms with Crippen molar-refractivity contribution < 1.29 is 4.79 Å². The summed E-state index contributed by atoms with van der Waals surface area (Å²) >= 11 is 0. The van der Waals surface area contributed by atoms with Crippen molar-refractivity contribution in [3.05, 3.63) is 54.6 Å². The Morgan fingerprint density at radius 1 is 1.25 bits per heavy atom. The molecule has 2 amide bonds. The number of hydrogen-bond donors (Lipinski definition) is 2. The number of anilines is 2. The zero-order chi connectivity index (χ0) is 19.5. The predicted molar refractivity (Wildman–Crippen MR) is 108 cm³/mol. The number of rotatable bonds is 3. The van der Waals surface area contributed by atoms with Gasteiger partial charge in [-0.3, -0.25) is 0 Å². The number of hydrogen-bond acceptors (Lipinski definition) is 5. The first kappa shape index (κ1) is 18.0. The van der Waals surface area contributed by atoms with E-state index in [4.69, 9.17) is 5.73 Å². The lowest BCUT2D eigenvalue weighted by molar-refractivity contribution is 0.192. The normalized spacial score (nSPS) is 16.8. The molecule has 3 heterocycles. The van der Waals surface area contributed by atoms with E-state index in [1.165, 1.54) is 0 Å². The van der Waals surface area contributed by atoms with Gasteiger partial charge in [-0.2, -0.15) is 0 Å². The number of aryl methyl sites for hydroxylation is 1. The van der Waals surface area contributed by atoms with Crippen LogP contribution in [0.2, 0.25) is 0 Å². The van der Waals surface area contributed by atoms with Crippen molar-refractivity contribution in [2.75, 3.05) is 24.1 Å². The molecule has 8 heteroatoms. The largest absolute Gasteiger partial charge is 0.368 e. The highest BCUT2D eigenvalue weighted by atomic mass is 16.2. The van der Waals surface area contributed by atoms with E-state index in [0.717, 1.165) is 42.2 Å². The van der Waals surface area contributed by atoms with Gasteiger partial charge < -0.3 is 20.5 Å². The van der Waals surface area contributed by atoms with Gasteiger partial charge in [-0.15, -0.1) is 0 Å². The standard InChI is InChI=1S/C20H23N7O/c1-26-11-9-22-18(26)14-4-2-6-16(12-14)24-20(28)27-10-3-5-15(13-27)17-7-8-23-19(21)25-17/h2,4,6-9,11-12,15H,3,5,10,13H2,1H3,(H,24,28)(H2,21,23,25). The average molecular weight is 377 g/mol. The van der Waals surface area contributed by atoms with Crippen LogP contribution in [0.25, 0.3) is 11.4 Å². The summed E-state index contributed by atoms with van der Waals surface area (Å²) in [6.45, 7) is 1.34. The van der Waals surface area contributed by atoms with Crippen molar-refractivity contribution in [3.63, 3.8) is 0 Å². The highest BCUT2D eigenvalue weighted by Gasteiger charge is 2.26. The molecule has 1 aliphatic rings. The van der Waals surface area contributed by atoms with Crippen molar-refractivity contribution in [2.24, 2.45) is 7.05 Å². The van der Waals surface area contributed by atoms with Gasteiger partial charge in [0.25, 0.3) is 0 Å². The Balaban J connectivity index is 1.46. The second-order valence-electron chi connectivity index (χ2n) is 7.00. The van der Waals surface area contributed by atoms with Crippen LogP contribution in [-0.2, 0) is 7.05 Å². The summed E-state index contributed by atoms with van der Waals surface area (Å²) in [6.07, 6.45) is 7.23. The molecule has 28 heavy (non-hydrogen) atoms. The summed E-state index contributed by atoms with van der Waals surface area (Å²) in [5.41, 5.74) is 8.30. The molecule has 3 N–H and O–H groups in total. The lowest BCUT2D eigenvalue weighted by Gasteiger charge is -2.32. The van der Waals surface area contributed by atoms with Crippen LogP contribution in [0.4, 0.5) is 16.4 Å². The molecule has 1 aliphatic heterocycles. The Morgan fingerprint density at radius 2 is 2.14 bits per heavy atom. The van der Waals surface area contributed by atoms with Crippen molar-refractivity contribution in [3.8, 4) is 11.4 Å². The number of urea groups is 1. The van der Waals surface area contributed by atoms with Crippen LogP contribution in [0.5, 0.6) is 0 Å². The predicted octanol–water partition coefficient (Wildman–Crippen LogP) is 2.87. The van der Waals surface area contributed by atoms with Crippen LogP contribution in [-0.4, -0.2) is 43.5 Å². The molecule has 0 saturated carbocycles. The first-order valence-electron chi connectivity index (χ1n) is 9.32. The third-order valence-corrected chi connectivity index (χ3v) is 5.02. The summed E-state index contributed by atoms with van der Waals surface area (Å²) < 4.78 is 1.95. The molecule has 3 aromatic rings. The summed E-state index contributed by atoms with van der Waals surface area (Å²) in [5, 5.41) is 3.01. The Hall–Kier alpha value is -3.42. The molecule has 1 aromatic carbocycles. The molecule has 0 spiro atoms. The summed E-state index contributed by atoms with van der Waals surface area (Å²) in [5.74, 6) is 1.30. The Bertz CT molecular complexity index is 984. The molecule has 1 unspecified atom stereocenters. The topological polar surface area (TPSA) is 102 Å². The Kier molecular flexibility index (Phi) is 4.92. The van der Waals surface area contributed by atoms with E-state index in [1.807, 2.05) is 53.0 Å². The van der Waals surface area contributed by atoms with Gasteiger partial charge in [0.2, 0.25) is 5.95 Å². The third kappa shape index (κ3) is 3.80. The van der Waals surface area contributed by atoms with Gasteiger partial charge in [0.1, 0.15) is 5.82 Å². The number of imidazole rings is 1. The van der Waals surface area contributed by atoms with Crippen LogP contribution in [0, 0.1) is 0 Å². The number of nitrogens with zero attached hydrogens (tertiary/aromatic N) is 5. The van der Waals surface area contributed by atoms with Gasteiger partial charge in [0.05, 0.1) is 5.69 Å². The van der Waals surface area contributed by atoms with Crippen LogP contribution in [0.1, 0.15) is 24.5 Å². The molecule has 0 aliphatic carbocycles. The third-order valence-electron chi connectivity index (χ3n) is 5.02. The maximum atomic E-state index is 12.8. The number of carbonyl (C=O) groups is 1. The van der Waals surface area contributed by atoms with Gasteiger partial charge in [-0.1, -0.05) is 12.1 Å². The first-order chi connectivity index (χ1) is 13.6. The summed E-state index contributed by atoms with van der Waals surface area (Å²) in [4.78, 5) is 27.3. The smallest absolute Gasteiger partial charge is 0.321 e. The zero-order valence-electron chi connectivity index (χ0n) is 15.7. The highest BCUT2D eigenvalue weighted by molar-refractivity contribution is 5.90. The minimum absolute atomic E-state index is 0.108. The SMILES string of the molecule is Cn1ccnc1-c1cccc(NC(=O)N2CCCC(c3ccnc(N)n3)C2)c1. The fourth-order valence-electron chi connectivity index (χ4n) is 3.60. The van der Waals surface area contributed by atoms with E-state index >= 15 is 0 Å². The molecular formula is C20H23N7O. The molecule has 8 nitrogen and oxygen atoms in total. The number of amides is 2. The summed E-state index contributed by atoms with van der Waals surface area (Å²) in [7, 11) is 1.95. The lowest BCUT2D eigenvalue weighted by atomic mass is 9.95. The molecule has 144 valence electrons. The van der Waals surface area contributed by atoms with E-state index in [-0.39, 0.29) is 17.9 Å². The fraction of sp³-hybridized carbons (Fsp3) is 0.300. The van der Waals surface area contributed by atoms with E-state index in [9.17, 15) is 4.79 Å². The number of piperidine rings is 1. The van der Waals surface area contributed by atoms with Crippen LogP contribution >= 0.6 is 0 Å². The molecule has 0 radical (unpaired) electrons. The Labute approximate surface area is 163 Å². The molecule has 2 aromatic heterocycles. The minimum Gasteiger partial charge on any atom is -0.368 e. The highest BCUT2D eigenvalue weighted by Crippen LogP contribution is 2.27. The summed E-state index contributed by atoms with van der Waals surface area (Å²) in [6, 6.07) is 9.49. The van der Waals surface area contributed by atoms with Gasteiger partial charge in [-0.05, 0) is 31.0 Å². The number of likely N-dealkylation sites (tertiary alicyclic amines) is 1. The number of nitrogen functional groups attached to an aromatic ring is 1. The lowest BCUT2D eigenvalue weighted by Crippen LogP contribution is -2.41. The van der Waals surface area contributed by atoms with E-state index < -0.39 is 0 Å². The maximum absolute atomic E-state index is 12.8. The Morgan fingerprint density at radius 3 is 2.93 bits per heavy atom. The molecule has 1 fully saturated rings. The van der Waals surface area contributed by atoms with Crippen molar-refractivity contribution in [1.82, 2.24) is 24.4 Å². The van der Waals surface area contributed by atoms with Gasteiger partial charge in [0.15, 0.2) is 0 Å². The maximum Gasteiger partial charge on any atom is 0.321 e. The molecule has 1 saturated heterocycles. The van der Waals surface area contributed by atoms with Gasteiger partial charge in [0, 0.05) is 55.9 Å². The molecule has 1 atom stereocenters. The molecule has 0 bridgehead atoms. The van der Waals surface area contributed by atoms with Crippen molar-refractivity contribution in [1.29, 1.82) is 0 Å². The number of nitrogens with two attached hydrogens (primary N) is 1. The first-order valence-corrected chi connectivity index (χ1v) is 9.32. The average Bonchev–Trinajstić information content (AvgIpc) is 3.14. The number of benzene rings is 1. The van der Waals surface area contributed by atoms with E-state index in [1.54, 1.807) is 12.4 Å². The zero-order valence-corrected chi connectivity index (χ0v) is 15.7. The van der Waals surface area contributed by atoms with E-state index in [0.29, 0.717) is 6.54 Å². The van der Waals surface area contributed by atoms with E-state index in [2.05, 4.69) is 20.3 Å². The van der Waals surface area contributed by atoms with Crippen molar-refractivity contribution in [2.45, 2.75) is 18.8 Å². The van der Waals surface area contributed by atoms with Gasteiger partial charge in [-0.25, -0.2) is 19.7 Å². The van der Waals surface area contributed by atoms with Gasteiger partial charge >= 0.3 is 6.03 Å². The van der Waals surface area contributed by atoms with Crippen LogP contribution in [0.3, 0.4) is 0 Å². The number of carbonyl (C=O) groups excluding carboxylic acids is 1. The second kappa shape index (κ2) is 7.67. The quantitative estimate of drug-likeness (QED) is 0.731. The monoisotopic (exact) mass is 377 g/mol. The fourth-order valence-corrected chi connectivity index (χ4v) is 3.60. The molecular weight excluding hydrogens is 354 g/mol. The molecule has 4 rings (SSSR count). The second-order valence-corrected chi connectivity index (χ2v) is 7.00. The minimum atomic E-state index is -0.108. The van der Waals surface area contributed by atoms with Crippen LogP contribution < -0.4 is 11.1 Å². The number of aromatic nitrogens is 4.